The Morgan fingerprint density at radius 1 is 0.960 bits per heavy atom. The molecule has 4 heteroatoms. The number of hydrogen-bond acceptors (Lipinski definition) is 4. The maximum Gasteiger partial charge on any atom is 0.0619 e. The lowest BCUT2D eigenvalue weighted by atomic mass is 10.1. The highest BCUT2D eigenvalue weighted by atomic mass is 15.1. The monoisotopic (exact) mass is 344 g/mol. The second-order valence-corrected chi connectivity index (χ2v) is 7.76. The molecule has 0 radical (unpaired) electrons. The molecule has 1 aliphatic rings. The van der Waals surface area contributed by atoms with Crippen LogP contribution in [-0.4, -0.2) is 34.2 Å². The van der Waals surface area contributed by atoms with Gasteiger partial charge in [-0.1, -0.05) is 27.7 Å². The highest BCUT2D eigenvalue weighted by Crippen LogP contribution is 2.12. The van der Waals surface area contributed by atoms with Crippen LogP contribution in [0.3, 0.4) is 0 Å². The van der Waals surface area contributed by atoms with Crippen molar-refractivity contribution in [1.29, 1.82) is 0 Å². The predicted molar refractivity (Wildman–Crippen MR) is 108 cm³/mol. The standard InChI is InChI=1S/C12H20N2.C9H16N2/c1-8(2)6-7-12-11(5)13-9(3)10(4)14-12;1-7(2)9-6-11(4)8(3)5-10-9/h8H,6-7H2,1-5H3;5,7H,6H2,1-4H3. The maximum absolute atomic E-state index is 4.58. The van der Waals surface area contributed by atoms with Gasteiger partial charge in [-0.25, -0.2) is 0 Å². The van der Waals surface area contributed by atoms with Gasteiger partial charge >= 0.3 is 0 Å². The van der Waals surface area contributed by atoms with E-state index in [-0.39, 0.29) is 0 Å². The van der Waals surface area contributed by atoms with Gasteiger partial charge in [-0.3, -0.25) is 15.0 Å². The van der Waals surface area contributed by atoms with Crippen molar-refractivity contribution in [3.8, 4) is 0 Å². The van der Waals surface area contributed by atoms with Crippen molar-refractivity contribution in [1.82, 2.24) is 14.9 Å². The van der Waals surface area contributed by atoms with E-state index in [2.05, 4.69) is 68.5 Å². The molecule has 25 heavy (non-hydrogen) atoms. The molecule has 0 amide bonds. The summed E-state index contributed by atoms with van der Waals surface area (Å²) in [4.78, 5) is 15.7. The van der Waals surface area contributed by atoms with Crippen molar-refractivity contribution >= 4 is 5.71 Å². The zero-order valence-electron chi connectivity index (χ0n) is 17.6. The SMILES string of the molecule is CC1=CN=C(C(C)C)CN1C.Cc1nc(C)c(CCC(C)C)nc1C. The van der Waals surface area contributed by atoms with Gasteiger partial charge in [0.15, 0.2) is 0 Å². The first kappa shape index (κ1) is 21.3. The molecule has 2 rings (SSSR count). The molecule has 0 saturated carbocycles. The van der Waals surface area contributed by atoms with Crippen LogP contribution >= 0.6 is 0 Å². The number of aromatic nitrogens is 2. The summed E-state index contributed by atoms with van der Waals surface area (Å²) in [5.74, 6) is 1.31. The first-order valence-corrected chi connectivity index (χ1v) is 9.37. The lowest BCUT2D eigenvalue weighted by Gasteiger charge is -2.25. The Morgan fingerprint density at radius 3 is 2.08 bits per heavy atom. The number of nitrogens with zero attached hydrogens (tertiary/aromatic N) is 4. The van der Waals surface area contributed by atoms with Crippen LogP contribution in [-0.2, 0) is 6.42 Å². The van der Waals surface area contributed by atoms with E-state index in [0.717, 1.165) is 36.0 Å². The van der Waals surface area contributed by atoms with Crippen LogP contribution in [0.15, 0.2) is 16.9 Å². The van der Waals surface area contributed by atoms with Gasteiger partial charge in [0.05, 0.1) is 29.3 Å². The van der Waals surface area contributed by atoms with Crippen LogP contribution in [0, 0.1) is 32.6 Å². The van der Waals surface area contributed by atoms with Gasteiger partial charge in [0.1, 0.15) is 0 Å². The normalized spacial score (nSPS) is 14.3. The van der Waals surface area contributed by atoms with Gasteiger partial charge in [-0.15, -0.1) is 0 Å². The Bertz CT molecular complexity index is 627. The third-order valence-corrected chi connectivity index (χ3v) is 4.62. The van der Waals surface area contributed by atoms with Crippen molar-refractivity contribution in [2.45, 2.75) is 68.2 Å². The second kappa shape index (κ2) is 9.69. The molecule has 2 heterocycles. The molecule has 1 aliphatic heterocycles. The molecular weight excluding hydrogens is 308 g/mol. The number of rotatable bonds is 4. The van der Waals surface area contributed by atoms with E-state index in [0.29, 0.717) is 5.92 Å². The molecule has 0 saturated heterocycles. The van der Waals surface area contributed by atoms with Crippen molar-refractivity contribution in [3.63, 3.8) is 0 Å². The Balaban J connectivity index is 0.000000257. The molecule has 0 spiro atoms. The van der Waals surface area contributed by atoms with E-state index in [9.17, 15) is 0 Å². The van der Waals surface area contributed by atoms with Gasteiger partial charge in [0.25, 0.3) is 0 Å². The van der Waals surface area contributed by atoms with Crippen LogP contribution in [0.5, 0.6) is 0 Å². The zero-order valence-corrected chi connectivity index (χ0v) is 17.6. The van der Waals surface area contributed by atoms with Crippen molar-refractivity contribution in [3.05, 3.63) is 34.7 Å². The summed E-state index contributed by atoms with van der Waals surface area (Å²) in [6.45, 7) is 18.0. The fourth-order valence-corrected chi connectivity index (χ4v) is 2.44. The summed E-state index contributed by atoms with van der Waals surface area (Å²) in [5.41, 5.74) is 6.90. The van der Waals surface area contributed by atoms with Crippen molar-refractivity contribution in [2.24, 2.45) is 16.8 Å². The summed E-state index contributed by atoms with van der Waals surface area (Å²) in [7, 11) is 2.10. The molecule has 140 valence electrons. The number of hydrogen-bond donors (Lipinski definition) is 0. The molecule has 0 fully saturated rings. The van der Waals surface area contributed by atoms with Gasteiger partial charge in [-0.2, -0.15) is 0 Å². The largest absolute Gasteiger partial charge is 0.371 e. The Morgan fingerprint density at radius 2 is 1.56 bits per heavy atom. The van der Waals surface area contributed by atoms with E-state index >= 15 is 0 Å². The van der Waals surface area contributed by atoms with E-state index in [4.69, 9.17) is 0 Å². The molecule has 0 aliphatic carbocycles. The molecule has 0 aromatic carbocycles. The molecule has 1 aromatic rings. The minimum Gasteiger partial charge on any atom is -0.371 e. The zero-order chi connectivity index (χ0) is 19.1. The van der Waals surface area contributed by atoms with Gasteiger partial charge in [0.2, 0.25) is 0 Å². The Kier molecular flexibility index (Phi) is 8.27. The quantitative estimate of drug-likeness (QED) is 0.781. The minimum absolute atomic E-state index is 0.571. The third-order valence-electron chi connectivity index (χ3n) is 4.62. The highest BCUT2D eigenvalue weighted by Gasteiger charge is 2.12. The van der Waals surface area contributed by atoms with E-state index in [1.807, 2.05) is 20.0 Å². The average molecular weight is 345 g/mol. The Hall–Kier alpha value is -1.71. The first-order chi connectivity index (χ1) is 11.6. The van der Waals surface area contributed by atoms with E-state index in [1.165, 1.54) is 23.5 Å². The fraction of sp³-hybridized carbons (Fsp3) is 0.667. The summed E-state index contributed by atoms with van der Waals surface area (Å²) in [6.07, 6.45) is 4.19. The highest BCUT2D eigenvalue weighted by molar-refractivity contribution is 5.89. The predicted octanol–water partition coefficient (Wildman–Crippen LogP) is 4.88. The van der Waals surface area contributed by atoms with Gasteiger partial charge < -0.3 is 4.90 Å². The average Bonchev–Trinajstić information content (AvgIpc) is 2.52. The maximum atomic E-state index is 4.58. The summed E-state index contributed by atoms with van der Waals surface area (Å²) in [5, 5.41) is 0. The topological polar surface area (TPSA) is 41.4 Å². The summed E-state index contributed by atoms with van der Waals surface area (Å²) >= 11 is 0. The van der Waals surface area contributed by atoms with Crippen LogP contribution in [0.1, 0.15) is 63.8 Å². The lowest BCUT2D eigenvalue weighted by molar-refractivity contribution is 0.462. The smallest absolute Gasteiger partial charge is 0.0619 e. The van der Waals surface area contributed by atoms with Gasteiger partial charge in [-0.05, 0) is 52.4 Å². The number of allylic oxidation sites excluding steroid dienone is 1. The molecule has 0 N–H and O–H groups in total. The van der Waals surface area contributed by atoms with Crippen LogP contribution in [0.25, 0.3) is 0 Å². The Labute approximate surface area is 154 Å². The molecule has 1 aromatic heterocycles. The van der Waals surface area contributed by atoms with Crippen LogP contribution < -0.4 is 0 Å². The second-order valence-electron chi connectivity index (χ2n) is 7.76. The van der Waals surface area contributed by atoms with Gasteiger partial charge in [0, 0.05) is 24.7 Å². The first-order valence-electron chi connectivity index (χ1n) is 9.37. The summed E-state index contributed by atoms with van der Waals surface area (Å²) in [6, 6.07) is 0. The van der Waals surface area contributed by atoms with Crippen LogP contribution in [0.2, 0.25) is 0 Å². The van der Waals surface area contributed by atoms with Crippen LogP contribution in [0.4, 0.5) is 0 Å². The van der Waals surface area contributed by atoms with Crippen molar-refractivity contribution < 1.29 is 0 Å². The molecule has 0 bridgehead atoms. The van der Waals surface area contributed by atoms with E-state index < -0.39 is 0 Å². The number of aryl methyl sites for hydroxylation is 4. The lowest BCUT2D eigenvalue weighted by Crippen LogP contribution is -2.29. The number of aliphatic imine (C=N–C) groups is 1. The third kappa shape index (κ3) is 6.97. The van der Waals surface area contributed by atoms with E-state index in [1.54, 1.807) is 0 Å². The molecular formula is C21H36N4. The molecule has 4 nitrogen and oxygen atoms in total. The minimum atomic E-state index is 0.571. The molecule has 0 unspecified atom stereocenters. The molecule has 0 atom stereocenters. The van der Waals surface area contributed by atoms with Crippen molar-refractivity contribution in [2.75, 3.05) is 13.6 Å². The summed E-state index contributed by atoms with van der Waals surface area (Å²) < 4.78 is 0. The fourth-order valence-electron chi connectivity index (χ4n) is 2.44.